The van der Waals surface area contributed by atoms with Gasteiger partial charge in [0.25, 0.3) is 0 Å². The SMILES string of the molecule is C[C@@H](C1CC1)N(C)Cc1nc(Cl)ccc1C=O. The van der Waals surface area contributed by atoms with Gasteiger partial charge in [-0.05, 0) is 44.9 Å². The van der Waals surface area contributed by atoms with E-state index in [1.165, 1.54) is 12.8 Å². The molecule has 1 aliphatic rings. The fourth-order valence-corrected chi connectivity index (χ4v) is 2.20. The molecule has 3 nitrogen and oxygen atoms in total. The predicted octanol–water partition coefficient (Wildman–Crippen LogP) is 2.78. The molecule has 1 aliphatic carbocycles. The van der Waals surface area contributed by atoms with E-state index in [1.54, 1.807) is 12.1 Å². The lowest BCUT2D eigenvalue weighted by Gasteiger charge is -2.24. The van der Waals surface area contributed by atoms with Crippen LogP contribution in [0.25, 0.3) is 0 Å². The van der Waals surface area contributed by atoms with E-state index >= 15 is 0 Å². The molecule has 0 aliphatic heterocycles. The molecule has 0 aromatic carbocycles. The molecule has 1 atom stereocenters. The predicted molar refractivity (Wildman–Crippen MR) is 68.3 cm³/mol. The first kappa shape index (κ1) is 12.5. The third kappa shape index (κ3) is 3.05. The van der Waals surface area contributed by atoms with E-state index in [9.17, 15) is 4.79 Å². The molecular formula is C13H17ClN2O. The van der Waals surface area contributed by atoms with Crippen LogP contribution in [0.3, 0.4) is 0 Å². The first-order valence-corrected chi connectivity index (χ1v) is 6.30. The van der Waals surface area contributed by atoms with E-state index in [0.29, 0.717) is 23.3 Å². The van der Waals surface area contributed by atoms with Crippen LogP contribution in [0.1, 0.15) is 35.8 Å². The number of rotatable bonds is 5. The second kappa shape index (κ2) is 5.15. The third-order valence-corrected chi connectivity index (χ3v) is 3.71. The molecule has 0 saturated heterocycles. The summed E-state index contributed by atoms with van der Waals surface area (Å²) in [5.41, 5.74) is 1.40. The van der Waals surface area contributed by atoms with Crippen LogP contribution in [-0.4, -0.2) is 29.3 Å². The second-order valence-corrected chi connectivity index (χ2v) is 5.17. The minimum absolute atomic E-state index is 0.443. The molecule has 2 rings (SSSR count). The lowest BCUT2D eigenvalue weighted by Crippen LogP contribution is -2.31. The number of pyridine rings is 1. The normalized spacial score (nSPS) is 17.2. The van der Waals surface area contributed by atoms with Crippen LogP contribution >= 0.6 is 11.6 Å². The molecule has 92 valence electrons. The number of hydrogen-bond acceptors (Lipinski definition) is 3. The van der Waals surface area contributed by atoms with Crippen LogP contribution in [0.2, 0.25) is 5.15 Å². The van der Waals surface area contributed by atoms with Crippen molar-refractivity contribution in [2.45, 2.75) is 32.4 Å². The average molecular weight is 253 g/mol. The van der Waals surface area contributed by atoms with Gasteiger partial charge in [-0.1, -0.05) is 11.6 Å². The monoisotopic (exact) mass is 252 g/mol. The molecule has 1 fully saturated rings. The molecule has 1 heterocycles. The average Bonchev–Trinajstić information content (AvgIpc) is 3.12. The molecule has 1 saturated carbocycles. The standard InChI is InChI=1S/C13H17ClN2O/c1-9(10-3-4-10)16(2)7-12-11(8-17)5-6-13(14)15-12/h5-6,8-10H,3-4,7H2,1-2H3/t9-/m0/s1. The Hall–Kier alpha value is -0.930. The number of nitrogens with zero attached hydrogens (tertiary/aromatic N) is 2. The van der Waals surface area contributed by atoms with Crippen molar-refractivity contribution in [1.29, 1.82) is 0 Å². The van der Waals surface area contributed by atoms with E-state index in [4.69, 9.17) is 11.6 Å². The smallest absolute Gasteiger partial charge is 0.151 e. The lowest BCUT2D eigenvalue weighted by atomic mass is 10.1. The summed E-state index contributed by atoms with van der Waals surface area (Å²) in [7, 11) is 2.07. The van der Waals surface area contributed by atoms with Crippen molar-refractivity contribution < 1.29 is 4.79 Å². The fraction of sp³-hybridized carbons (Fsp3) is 0.538. The maximum Gasteiger partial charge on any atom is 0.151 e. The largest absolute Gasteiger partial charge is 0.298 e. The Morgan fingerprint density at radius 3 is 2.88 bits per heavy atom. The van der Waals surface area contributed by atoms with Crippen LogP contribution in [0.5, 0.6) is 0 Å². The molecule has 0 spiro atoms. The second-order valence-electron chi connectivity index (χ2n) is 4.78. The molecule has 0 unspecified atom stereocenters. The van der Waals surface area contributed by atoms with Gasteiger partial charge in [-0.25, -0.2) is 4.98 Å². The molecule has 1 aromatic rings. The van der Waals surface area contributed by atoms with Crippen molar-refractivity contribution in [3.63, 3.8) is 0 Å². The van der Waals surface area contributed by atoms with Gasteiger partial charge < -0.3 is 0 Å². The summed E-state index contributed by atoms with van der Waals surface area (Å²) < 4.78 is 0. The number of aldehydes is 1. The first-order chi connectivity index (χ1) is 8.11. The summed E-state index contributed by atoms with van der Waals surface area (Å²) in [4.78, 5) is 17.4. The minimum atomic E-state index is 0.443. The zero-order chi connectivity index (χ0) is 12.4. The highest BCUT2D eigenvalue weighted by molar-refractivity contribution is 6.29. The minimum Gasteiger partial charge on any atom is -0.298 e. The van der Waals surface area contributed by atoms with Crippen molar-refractivity contribution in [2.24, 2.45) is 5.92 Å². The van der Waals surface area contributed by atoms with Gasteiger partial charge in [0.05, 0.1) is 5.69 Å². The van der Waals surface area contributed by atoms with Gasteiger partial charge in [0.1, 0.15) is 5.15 Å². The topological polar surface area (TPSA) is 33.2 Å². The Balaban J connectivity index is 2.10. The summed E-state index contributed by atoms with van der Waals surface area (Å²) in [6.07, 6.45) is 3.47. The van der Waals surface area contributed by atoms with E-state index in [2.05, 4.69) is 23.9 Å². The summed E-state index contributed by atoms with van der Waals surface area (Å²) in [6, 6.07) is 3.92. The van der Waals surface area contributed by atoms with Crippen LogP contribution in [0.15, 0.2) is 12.1 Å². The summed E-state index contributed by atoms with van der Waals surface area (Å²) in [5, 5.41) is 0.443. The highest BCUT2D eigenvalue weighted by atomic mass is 35.5. The van der Waals surface area contributed by atoms with Crippen molar-refractivity contribution in [3.8, 4) is 0 Å². The Kier molecular flexibility index (Phi) is 3.79. The molecule has 0 N–H and O–H groups in total. The van der Waals surface area contributed by atoms with Crippen LogP contribution in [0, 0.1) is 5.92 Å². The molecule has 4 heteroatoms. The van der Waals surface area contributed by atoms with E-state index in [0.717, 1.165) is 17.9 Å². The maximum atomic E-state index is 10.9. The first-order valence-electron chi connectivity index (χ1n) is 5.92. The Morgan fingerprint density at radius 1 is 1.59 bits per heavy atom. The van der Waals surface area contributed by atoms with Gasteiger partial charge in [0.2, 0.25) is 0 Å². The van der Waals surface area contributed by atoms with Gasteiger partial charge in [-0.15, -0.1) is 0 Å². The number of halogens is 1. The Morgan fingerprint density at radius 2 is 2.29 bits per heavy atom. The molecule has 0 radical (unpaired) electrons. The molecule has 0 bridgehead atoms. The summed E-state index contributed by atoms with van der Waals surface area (Å²) in [6.45, 7) is 2.90. The van der Waals surface area contributed by atoms with Crippen molar-refractivity contribution in [1.82, 2.24) is 9.88 Å². The zero-order valence-electron chi connectivity index (χ0n) is 10.2. The number of carbonyl (C=O) groups is 1. The number of aromatic nitrogens is 1. The molecular weight excluding hydrogens is 236 g/mol. The van der Waals surface area contributed by atoms with Gasteiger partial charge in [-0.2, -0.15) is 0 Å². The Labute approximate surface area is 107 Å². The quantitative estimate of drug-likeness (QED) is 0.597. The van der Waals surface area contributed by atoms with Crippen molar-refractivity contribution in [2.75, 3.05) is 7.05 Å². The summed E-state index contributed by atoms with van der Waals surface area (Å²) in [5.74, 6) is 0.805. The van der Waals surface area contributed by atoms with E-state index in [1.807, 2.05) is 0 Å². The zero-order valence-corrected chi connectivity index (χ0v) is 10.9. The molecule has 17 heavy (non-hydrogen) atoms. The van der Waals surface area contributed by atoms with E-state index in [-0.39, 0.29) is 0 Å². The van der Waals surface area contributed by atoms with Gasteiger partial charge in [0.15, 0.2) is 6.29 Å². The van der Waals surface area contributed by atoms with E-state index < -0.39 is 0 Å². The fourth-order valence-electron chi connectivity index (χ4n) is 2.04. The molecule has 1 aromatic heterocycles. The van der Waals surface area contributed by atoms with Gasteiger partial charge >= 0.3 is 0 Å². The van der Waals surface area contributed by atoms with Gasteiger partial charge in [0, 0.05) is 18.2 Å². The third-order valence-electron chi connectivity index (χ3n) is 3.50. The van der Waals surface area contributed by atoms with Crippen molar-refractivity contribution in [3.05, 3.63) is 28.5 Å². The number of carbonyl (C=O) groups excluding carboxylic acids is 1. The Bertz CT molecular complexity index is 418. The van der Waals surface area contributed by atoms with Crippen molar-refractivity contribution >= 4 is 17.9 Å². The maximum absolute atomic E-state index is 10.9. The summed E-state index contributed by atoms with van der Waals surface area (Å²) >= 11 is 5.87. The highest BCUT2D eigenvalue weighted by Crippen LogP contribution is 2.35. The van der Waals surface area contributed by atoms with Crippen LogP contribution in [-0.2, 0) is 6.54 Å². The lowest BCUT2D eigenvalue weighted by molar-refractivity contribution is 0.112. The van der Waals surface area contributed by atoms with Gasteiger partial charge in [-0.3, -0.25) is 9.69 Å². The van der Waals surface area contributed by atoms with Crippen LogP contribution < -0.4 is 0 Å². The number of hydrogen-bond donors (Lipinski definition) is 0. The molecule has 0 amide bonds. The highest BCUT2D eigenvalue weighted by Gasteiger charge is 2.30. The van der Waals surface area contributed by atoms with Crippen LogP contribution in [0.4, 0.5) is 0 Å².